The fourth-order valence-electron chi connectivity index (χ4n) is 5.34. The van der Waals surface area contributed by atoms with Crippen LogP contribution in [0.5, 0.6) is 0 Å². The maximum absolute atomic E-state index is 14.4. The lowest BCUT2D eigenvalue weighted by molar-refractivity contribution is 0.187. The third-order valence-electron chi connectivity index (χ3n) is 7.17. The second-order valence-corrected chi connectivity index (χ2v) is 9.37. The lowest BCUT2D eigenvalue weighted by atomic mass is 9.73. The van der Waals surface area contributed by atoms with E-state index >= 15 is 0 Å². The highest BCUT2D eigenvalue weighted by molar-refractivity contribution is 6.32. The molecule has 2 heterocycles. The summed E-state index contributed by atoms with van der Waals surface area (Å²) in [7, 11) is 0. The van der Waals surface area contributed by atoms with Crippen LogP contribution in [0.4, 0.5) is 10.2 Å². The smallest absolute Gasteiger partial charge is 0.260 e. The van der Waals surface area contributed by atoms with E-state index < -0.39 is 5.82 Å². The number of fused-ring (bicyclic) bond motifs is 1. The highest BCUT2D eigenvalue weighted by atomic mass is 35.5. The van der Waals surface area contributed by atoms with Crippen molar-refractivity contribution >= 4 is 17.4 Å². The van der Waals surface area contributed by atoms with Gasteiger partial charge in [0, 0.05) is 30.8 Å². The van der Waals surface area contributed by atoms with Crippen LogP contribution in [0.1, 0.15) is 41.4 Å². The van der Waals surface area contributed by atoms with E-state index in [-0.39, 0.29) is 27.7 Å². The van der Waals surface area contributed by atoms with Crippen LogP contribution in [0.15, 0.2) is 47.3 Å². The van der Waals surface area contributed by atoms with Gasteiger partial charge < -0.3 is 10.6 Å². The molecule has 7 heteroatoms. The summed E-state index contributed by atoms with van der Waals surface area (Å²) in [5.74, 6) is 3.11. The van der Waals surface area contributed by atoms with Gasteiger partial charge >= 0.3 is 0 Å². The van der Waals surface area contributed by atoms with Crippen LogP contribution >= 0.6 is 11.6 Å². The number of para-hydroxylation sites is 1. The second-order valence-electron chi connectivity index (χ2n) is 8.97. The summed E-state index contributed by atoms with van der Waals surface area (Å²) >= 11 is 6.18. The van der Waals surface area contributed by atoms with Crippen molar-refractivity contribution in [2.45, 2.75) is 32.2 Å². The first-order valence-electron chi connectivity index (χ1n) is 11.0. The summed E-state index contributed by atoms with van der Waals surface area (Å²) in [6.45, 7) is 3.16. The van der Waals surface area contributed by atoms with E-state index in [4.69, 9.17) is 23.8 Å². The number of terminal acetylenes is 1. The SMILES string of the molecule is C#Cc1ccc2c(c1)[C@@H](N)C1(CCN(c3cc(=O)n(-c4c(F)cccc4Cl)c(C)n3)CC1)C2. The Morgan fingerprint density at radius 2 is 2.00 bits per heavy atom. The normalized spacial score (nSPS) is 18.9. The predicted octanol–water partition coefficient (Wildman–Crippen LogP) is 4.16. The lowest BCUT2D eigenvalue weighted by Gasteiger charge is -2.42. The van der Waals surface area contributed by atoms with Gasteiger partial charge in [0.05, 0.1) is 5.02 Å². The minimum Gasteiger partial charge on any atom is -0.356 e. The minimum atomic E-state index is -0.565. The number of hydrogen-bond donors (Lipinski definition) is 1. The van der Waals surface area contributed by atoms with Crippen LogP contribution in [-0.4, -0.2) is 22.6 Å². The van der Waals surface area contributed by atoms with Crippen molar-refractivity contribution in [2.75, 3.05) is 18.0 Å². The molecule has 33 heavy (non-hydrogen) atoms. The Bertz CT molecular complexity index is 1330. The molecule has 5 rings (SSSR count). The number of nitrogens with zero attached hydrogens (tertiary/aromatic N) is 3. The molecule has 1 aliphatic carbocycles. The Morgan fingerprint density at radius 3 is 2.67 bits per heavy atom. The molecule has 1 saturated heterocycles. The summed E-state index contributed by atoms with van der Waals surface area (Å²) in [5, 5.41) is 0.164. The zero-order valence-electron chi connectivity index (χ0n) is 18.3. The van der Waals surface area contributed by atoms with Gasteiger partial charge in [-0.1, -0.05) is 29.7 Å². The van der Waals surface area contributed by atoms with E-state index in [2.05, 4.69) is 21.9 Å². The minimum absolute atomic E-state index is 0.0171. The number of rotatable bonds is 2. The number of hydrogen-bond acceptors (Lipinski definition) is 4. The van der Waals surface area contributed by atoms with Gasteiger partial charge in [0.2, 0.25) is 0 Å². The fourth-order valence-corrected chi connectivity index (χ4v) is 5.59. The van der Waals surface area contributed by atoms with Crippen LogP contribution < -0.4 is 16.2 Å². The summed E-state index contributed by atoms with van der Waals surface area (Å²) in [6, 6.07) is 11.9. The first-order valence-corrected chi connectivity index (χ1v) is 11.4. The topological polar surface area (TPSA) is 64.2 Å². The maximum atomic E-state index is 14.4. The van der Waals surface area contributed by atoms with Crippen molar-refractivity contribution in [2.24, 2.45) is 11.1 Å². The number of anilines is 1. The average Bonchev–Trinajstić information content (AvgIpc) is 3.06. The molecule has 0 unspecified atom stereocenters. The molecule has 0 bridgehead atoms. The van der Waals surface area contributed by atoms with Gasteiger partial charge in [0.25, 0.3) is 5.56 Å². The number of piperidine rings is 1. The lowest BCUT2D eigenvalue weighted by Crippen LogP contribution is -2.45. The fraction of sp³-hybridized carbons (Fsp3) is 0.308. The van der Waals surface area contributed by atoms with Crippen molar-refractivity contribution in [1.29, 1.82) is 0 Å². The number of aromatic nitrogens is 2. The van der Waals surface area contributed by atoms with Crippen molar-refractivity contribution in [3.63, 3.8) is 0 Å². The molecule has 168 valence electrons. The monoisotopic (exact) mass is 462 g/mol. The van der Waals surface area contributed by atoms with E-state index in [0.29, 0.717) is 11.6 Å². The number of benzene rings is 2. The number of aryl methyl sites for hydroxylation is 1. The van der Waals surface area contributed by atoms with E-state index in [9.17, 15) is 9.18 Å². The van der Waals surface area contributed by atoms with Crippen molar-refractivity contribution in [3.05, 3.63) is 86.2 Å². The highest BCUT2D eigenvalue weighted by Crippen LogP contribution is 2.51. The van der Waals surface area contributed by atoms with Gasteiger partial charge in [-0.05, 0) is 67.0 Å². The quantitative estimate of drug-likeness (QED) is 0.581. The van der Waals surface area contributed by atoms with Crippen molar-refractivity contribution in [3.8, 4) is 18.0 Å². The summed E-state index contributed by atoms with van der Waals surface area (Å²) in [5.41, 5.74) is 9.64. The first-order chi connectivity index (χ1) is 15.8. The van der Waals surface area contributed by atoms with Crippen molar-refractivity contribution < 1.29 is 4.39 Å². The Labute approximate surface area is 197 Å². The molecule has 0 radical (unpaired) electrons. The van der Waals surface area contributed by atoms with Gasteiger partial charge in [-0.3, -0.25) is 9.36 Å². The van der Waals surface area contributed by atoms with E-state index in [1.807, 2.05) is 12.1 Å². The zero-order valence-corrected chi connectivity index (χ0v) is 19.1. The van der Waals surface area contributed by atoms with Gasteiger partial charge in [-0.15, -0.1) is 6.42 Å². The molecule has 1 aromatic heterocycles. The van der Waals surface area contributed by atoms with Crippen LogP contribution in [0.2, 0.25) is 5.02 Å². The van der Waals surface area contributed by atoms with Crippen LogP contribution in [0, 0.1) is 30.5 Å². The molecule has 5 nitrogen and oxygen atoms in total. The molecular formula is C26H24ClFN4O. The van der Waals surface area contributed by atoms with Gasteiger partial charge in [0.15, 0.2) is 0 Å². The summed E-state index contributed by atoms with van der Waals surface area (Å²) < 4.78 is 15.6. The zero-order chi connectivity index (χ0) is 23.3. The largest absolute Gasteiger partial charge is 0.356 e. The first kappa shape index (κ1) is 21.7. The molecule has 1 fully saturated rings. The number of halogens is 2. The van der Waals surface area contributed by atoms with Gasteiger partial charge in [-0.25, -0.2) is 9.37 Å². The molecule has 2 aromatic carbocycles. The van der Waals surface area contributed by atoms with E-state index in [0.717, 1.165) is 43.5 Å². The molecule has 2 N–H and O–H groups in total. The maximum Gasteiger partial charge on any atom is 0.260 e. The Morgan fingerprint density at radius 1 is 1.24 bits per heavy atom. The summed E-state index contributed by atoms with van der Waals surface area (Å²) in [4.78, 5) is 19.7. The van der Waals surface area contributed by atoms with Crippen molar-refractivity contribution in [1.82, 2.24) is 9.55 Å². The molecule has 0 saturated carbocycles. The second kappa shape index (κ2) is 8.02. The Kier molecular flexibility index (Phi) is 5.27. The van der Waals surface area contributed by atoms with Crippen LogP contribution in [0.3, 0.4) is 0 Å². The summed E-state index contributed by atoms with van der Waals surface area (Å²) in [6.07, 6.45) is 8.28. The van der Waals surface area contributed by atoms with E-state index in [1.165, 1.54) is 28.3 Å². The number of nitrogens with two attached hydrogens (primary N) is 1. The molecule has 2 aliphatic rings. The molecule has 1 atom stereocenters. The Balaban J connectivity index is 1.39. The molecule has 1 spiro atoms. The Hall–Kier alpha value is -3.14. The third-order valence-corrected chi connectivity index (χ3v) is 7.47. The van der Waals surface area contributed by atoms with E-state index in [1.54, 1.807) is 13.0 Å². The van der Waals surface area contributed by atoms with Gasteiger partial charge in [-0.2, -0.15) is 0 Å². The predicted molar refractivity (Wildman–Crippen MR) is 128 cm³/mol. The molecular weight excluding hydrogens is 439 g/mol. The average molecular weight is 463 g/mol. The molecule has 3 aromatic rings. The standard InChI is InChI=1S/C26H24ClFN4O/c1-3-17-7-8-18-15-26(25(29)19(18)13-17)9-11-31(12-10-26)22-14-23(33)32(16(2)30-22)24-20(27)5-4-6-21(24)28/h1,4-8,13-14,25H,9-12,15,29H2,2H3/t25-/m1/s1. The van der Waals surface area contributed by atoms with Crippen LogP contribution in [0.25, 0.3) is 5.69 Å². The molecule has 0 amide bonds. The highest BCUT2D eigenvalue weighted by Gasteiger charge is 2.46. The third kappa shape index (κ3) is 3.52. The van der Waals surface area contributed by atoms with Crippen LogP contribution in [-0.2, 0) is 6.42 Å². The molecule has 1 aliphatic heterocycles. The van der Waals surface area contributed by atoms with Gasteiger partial charge in [0.1, 0.15) is 23.1 Å².